The van der Waals surface area contributed by atoms with Gasteiger partial charge in [0.25, 0.3) is 0 Å². The normalized spacial score (nSPS) is 17.8. The van der Waals surface area contributed by atoms with Gasteiger partial charge in [-0.1, -0.05) is 30.3 Å². The number of anilines is 1. The number of aryl methyl sites for hydroxylation is 1. The molecule has 0 saturated heterocycles. The van der Waals surface area contributed by atoms with E-state index >= 15 is 0 Å². The number of hydrogen-bond acceptors (Lipinski definition) is 4. The Morgan fingerprint density at radius 2 is 2.16 bits per heavy atom. The van der Waals surface area contributed by atoms with Gasteiger partial charge in [0, 0.05) is 18.9 Å². The van der Waals surface area contributed by atoms with Gasteiger partial charge in [-0.3, -0.25) is 0 Å². The van der Waals surface area contributed by atoms with Gasteiger partial charge in [0.1, 0.15) is 0 Å². The summed E-state index contributed by atoms with van der Waals surface area (Å²) in [6, 6.07) is 10.6. The minimum Gasteiger partial charge on any atom is -0.354 e. The zero-order chi connectivity index (χ0) is 13.1. The third-order valence-corrected chi connectivity index (χ3v) is 3.49. The lowest BCUT2D eigenvalue weighted by atomic mass is 9.98. The van der Waals surface area contributed by atoms with Crippen molar-refractivity contribution < 1.29 is 0 Å². The Morgan fingerprint density at radius 1 is 1.32 bits per heavy atom. The molecule has 3 N–H and O–H groups in total. The van der Waals surface area contributed by atoms with Gasteiger partial charge >= 0.3 is 0 Å². The summed E-state index contributed by atoms with van der Waals surface area (Å²) >= 11 is 0. The number of benzene rings is 1. The van der Waals surface area contributed by atoms with Crippen LogP contribution in [0.5, 0.6) is 0 Å². The Labute approximate surface area is 112 Å². The smallest absolute Gasteiger partial charge is 0.221 e. The monoisotopic (exact) mass is 257 g/mol. The lowest BCUT2D eigenvalue weighted by molar-refractivity contribution is 0.500. The van der Waals surface area contributed by atoms with Crippen LogP contribution < -0.4 is 11.1 Å². The van der Waals surface area contributed by atoms with Crippen LogP contribution in [0.25, 0.3) is 0 Å². The molecule has 19 heavy (non-hydrogen) atoms. The van der Waals surface area contributed by atoms with E-state index in [0.717, 1.165) is 37.7 Å². The Balaban J connectivity index is 1.75. The summed E-state index contributed by atoms with van der Waals surface area (Å²) in [5.41, 5.74) is 6.87. The van der Waals surface area contributed by atoms with Gasteiger partial charge in [-0.2, -0.15) is 10.1 Å². The van der Waals surface area contributed by atoms with Crippen molar-refractivity contribution in [1.82, 2.24) is 14.8 Å². The molecular formula is C14H19N5. The minimum absolute atomic E-state index is 0.456. The van der Waals surface area contributed by atoms with Crippen LogP contribution in [0.1, 0.15) is 23.7 Å². The largest absolute Gasteiger partial charge is 0.354 e. The molecule has 0 fully saturated rings. The molecule has 5 heteroatoms. The van der Waals surface area contributed by atoms with Crippen LogP contribution >= 0.6 is 0 Å². The van der Waals surface area contributed by atoms with E-state index in [-0.39, 0.29) is 0 Å². The molecule has 2 heterocycles. The van der Waals surface area contributed by atoms with Gasteiger partial charge in [0.2, 0.25) is 5.95 Å². The van der Waals surface area contributed by atoms with E-state index < -0.39 is 0 Å². The highest BCUT2D eigenvalue weighted by molar-refractivity contribution is 5.32. The van der Waals surface area contributed by atoms with Gasteiger partial charge in [-0.05, 0) is 18.5 Å². The summed E-state index contributed by atoms with van der Waals surface area (Å²) in [4.78, 5) is 4.50. The van der Waals surface area contributed by atoms with Crippen molar-refractivity contribution in [2.75, 3.05) is 18.4 Å². The summed E-state index contributed by atoms with van der Waals surface area (Å²) in [5.74, 6) is 2.23. The number of nitrogens with two attached hydrogens (primary N) is 1. The average Bonchev–Trinajstić information content (AvgIpc) is 2.87. The van der Waals surface area contributed by atoms with Crippen LogP contribution in [0, 0.1) is 0 Å². The molecule has 0 radical (unpaired) electrons. The van der Waals surface area contributed by atoms with E-state index in [4.69, 9.17) is 5.73 Å². The molecule has 1 unspecified atom stereocenters. The van der Waals surface area contributed by atoms with Crippen molar-refractivity contribution in [2.24, 2.45) is 5.73 Å². The second kappa shape index (κ2) is 5.40. The number of hydrogen-bond donors (Lipinski definition) is 2. The fourth-order valence-corrected chi connectivity index (χ4v) is 2.45. The van der Waals surface area contributed by atoms with Crippen molar-refractivity contribution in [2.45, 2.75) is 25.3 Å². The predicted octanol–water partition coefficient (Wildman–Crippen LogP) is 1.38. The summed E-state index contributed by atoms with van der Waals surface area (Å²) in [6.45, 7) is 2.49. The molecule has 1 aliphatic rings. The fraction of sp³-hybridized carbons (Fsp3) is 0.429. The third-order valence-electron chi connectivity index (χ3n) is 3.49. The van der Waals surface area contributed by atoms with E-state index in [1.165, 1.54) is 5.56 Å². The van der Waals surface area contributed by atoms with Gasteiger partial charge in [-0.25, -0.2) is 4.68 Å². The number of rotatable bonds is 4. The summed E-state index contributed by atoms with van der Waals surface area (Å²) in [7, 11) is 0. The maximum absolute atomic E-state index is 5.52. The molecule has 5 nitrogen and oxygen atoms in total. The van der Waals surface area contributed by atoms with Gasteiger partial charge < -0.3 is 11.1 Å². The second-order valence-corrected chi connectivity index (χ2v) is 4.91. The quantitative estimate of drug-likeness (QED) is 0.868. The summed E-state index contributed by atoms with van der Waals surface area (Å²) < 4.78 is 1.98. The molecule has 1 aromatic heterocycles. The molecule has 100 valence electrons. The molecule has 3 rings (SSSR count). The zero-order valence-corrected chi connectivity index (χ0v) is 10.9. The third kappa shape index (κ3) is 2.61. The van der Waals surface area contributed by atoms with Crippen LogP contribution in [0.3, 0.4) is 0 Å². The van der Waals surface area contributed by atoms with Crippen molar-refractivity contribution in [3.05, 3.63) is 41.7 Å². The molecule has 2 aromatic rings. The average molecular weight is 257 g/mol. The molecule has 0 aliphatic carbocycles. The van der Waals surface area contributed by atoms with Gasteiger partial charge in [-0.15, -0.1) is 0 Å². The highest BCUT2D eigenvalue weighted by Gasteiger charge is 2.22. The van der Waals surface area contributed by atoms with Gasteiger partial charge in [0.15, 0.2) is 5.82 Å². The SMILES string of the molecule is NCCCc1nc2n(n1)CC(c1ccccc1)CN2. The fourth-order valence-electron chi connectivity index (χ4n) is 2.45. The van der Waals surface area contributed by atoms with Crippen LogP contribution in [0.2, 0.25) is 0 Å². The number of aromatic nitrogens is 3. The van der Waals surface area contributed by atoms with Crippen LogP contribution in [0.4, 0.5) is 5.95 Å². The number of nitrogens with one attached hydrogen (secondary N) is 1. The summed E-state index contributed by atoms with van der Waals surface area (Å²) in [5, 5.41) is 7.92. The topological polar surface area (TPSA) is 68.8 Å². The maximum Gasteiger partial charge on any atom is 0.221 e. The van der Waals surface area contributed by atoms with Gasteiger partial charge in [0.05, 0.1) is 6.54 Å². The first-order valence-electron chi connectivity index (χ1n) is 6.79. The van der Waals surface area contributed by atoms with E-state index in [0.29, 0.717) is 12.5 Å². The van der Waals surface area contributed by atoms with E-state index in [1.54, 1.807) is 0 Å². The molecular weight excluding hydrogens is 238 g/mol. The van der Waals surface area contributed by atoms with Crippen LogP contribution in [-0.4, -0.2) is 27.9 Å². The molecule has 1 aromatic carbocycles. The van der Waals surface area contributed by atoms with Crippen molar-refractivity contribution in [1.29, 1.82) is 0 Å². The second-order valence-electron chi connectivity index (χ2n) is 4.91. The van der Waals surface area contributed by atoms with Crippen LogP contribution in [0.15, 0.2) is 30.3 Å². The molecule has 0 bridgehead atoms. The zero-order valence-electron chi connectivity index (χ0n) is 10.9. The highest BCUT2D eigenvalue weighted by Crippen LogP contribution is 2.24. The molecule has 1 atom stereocenters. The van der Waals surface area contributed by atoms with Crippen LogP contribution in [-0.2, 0) is 13.0 Å². The first-order chi connectivity index (χ1) is 9.36. The highest BCUT2D eigenvalue weighted by atomic mass is 15.4. The van der Waals surface area contributed by atoms with E-state index in [2.05, 4.69) is 39.7 Å². The predicted molar refractivity (Wildman–Crippen MR) is 75.1 cm³/mol. The lowest BCUT2D eigenvalue weighted by Crippen LogP contribution is -2.26. The lowest BCUT2D eigenvalue weighted by Gasteiger charge is -2.23. The first kappa shape index (κ1) is 12.2. The maximum atomic E-state index is 5.52. The molecule has 0 amide bonds. The number of fused-ring (bicyclic) bond motifs is 1. The minimum atomic E-state index is 0.456. The van der Waals surface area contributed by atoms with E-state index in [9.17, 15) is 0 Å². The van der Waals surface area contributed by atoms with Crippen molar-refractivity contribution in [3.8, 4) is 0 Å². The summed E-state index contributed by atoms with van der Waals surface area (Å²) in [6.07, 6.45) is 1.79. The molecule has 0 spiro atoms. The molecule has 0 saturated carbocycles. The Hall–Kier alpha value is -1.88. The Kier molecular flexibility index (Phi) is 3.46. The van der Waals surface area contributed by atoms with Crippen molar-refractivity contribution >= 4 is 5.95 Å². The van der Waals surface area contributed by atoms with E-state index in [1.807, 2.05) is 10.7 Å². The first-order valence-corrected chi connectivity index (χ1v) is 6.79. The Bertz CT molecular complexity index is 534. The number of nitrogens with zero attached hydrogens (tertiary/aromatic N) is 3. The molecule has 1 aliphatic heterocycles. The Morgan fingerprint density at radius 3 is 2.95 bits per heavy atom. The standard InChI is InChI=1S/C14H19N5/c15-8-4-7-13-17-14-16-9-12(10-19(14)18-13)11-5-2-1-3-6-11/h1-3,5-6,12H,4,7-10,15H2,(H,16,17,18). The van der Waals surface area contributed by atoms with Crippen molar-refractivity contribution in [3.63, 3.8) is 0 Å².